The fourth-order valence-electron chi connectivity index (χ4n) is 6.03. The summed E-state index contributed by atoms with van der Waals surface area (Å²) in [5.74, 6) is 1.41. The second kappa shape index (κ2) is 14.2. The Bertz CT molecular complexity index is 1720. The van der Waals surface area contributed by atoms with Crippen molar-refractivity contribution in [2.24, 2.45) is 11.8 Å². The molecule has 0 radical (unpaired) electrons. The summed E-state index contributed by atoms with van der Waals surface area (Å²) in [6, 6.07) is 22.8. The van der Waals surface area contributed by atoms with Crippen LogP contribution in [-0.4, -0.2) is 40.0 Å². The van der Waals surface area contributed by atoms with Crippen molar-refractivity contribution in [1.82, 2.24) is 14.9 Å². The van der Waals surface area contributed by atoms with Crippen molar-refractivity contribution in [3.8, 4) is 11.5 Å². The second-order valence-corrected chi connectivity index (χ2v) is 12.8. The number of anilines is 1. The molecule has 1 saturated carbocycles. The van der Waals surface area contributed by atoms with Gasteiger partial charge in [0.05, 0.1) is 16.2 Å². The number of para-hydroxylation sites is 1. The lowest BCUT2D eigenvalue weighted by atomic mass is 9.81. The number of thioether (sulfide) groups is 1. The normalized spacial score (nSPS) is 18.0. The van der Waals surface area contributed by atoms with Crippen LogP contribution in [0.4, 0.5) is 5.69 Å². The second-order valence-electron chi connectivity index (χ2n) is 11.6. The van der Waals surface area contributed by atoms with E-state index in [0.717, 1.165) is 32.1 Å². The number of benzene rings is 3. The predicted molar refractivity (Wildman–Crippen MR) is 176 cm³/mol. The van der Waals surface area contributed by atoms with Crippen molar-refractivity contribution in [3.05, 3.63) is 88.7 Å². The summed E-state index contributed by atoms with van der Waals surface area (Å²) in [6.45, 7) is 3.24. The maximum atomic E-state index is 13.8. The number of amides is 2. The Balaban J connectivity index is 1.12. The van der Waals surface area contributed by atoms with Gasteiger partial charge in [0.1, 0.15) is 0 Å². The number of rotatable bonds is 11. The van der Waals surface area contributed by atoms with E-state index in [1.54, 1.807) is 28.8 Å². The summed E-state index contributed by atoms with van der Waals surface area (Å²) in [6.07, 6.45) is 4.64. The highest BCUT2D eigenvalue weighted by Gasteiger charge is 2.29. The fraction of sp³-hybridized carbons (Fsp3) is 0.371. The molecule has 2 aliphatic rings. The molecule has 45 heavy (non-hydrogen) atoms. The van der Waals surface area contributed by atoms with Gasteiger partial charge in [-0.05, 0) is 74.3 Å². The lowest BCUT2D eigenvalue weighted by Crippen LogP contribution is -2.36. The molecule has 0 unspecified atom stereocenters. The molecule has 234 valence electrons. The molecule has 4 aromatic rings. The number of nitrogens with zero attached hydrogens (tertiary/aromatic N) is 2. The Morgan fingerprint density at radius 1 is 0.978 bits per heavy atom. The molecule has 2 amide bonds. The third kappa shape index (κ3) is 7.33. The van der Waals surface area contributed by atoms with Gasteiger partial charge in [0, 0.05) is 30.8 Å². The average molecular weight is 627 g/mol. The van der Waals surface area contributed by atoms with Gasteiger partial charge in [-0.2, -0.15) is 0 Å². The molecule has 6 rings (SSSR count). The van der Waals surface area contributed by atoms with Crippen molar-refractivity contribution in [3.63, 3.8) is 0 Å². The third-order valence-electron chi connectivity index (χ3n) is 8.59. The molecule has 1 aliphatic heterocycles. The molecule has 1 aliphatic carbocycles. The van der Waals surface area contributed by atoms with E-state index in [2.05, 4.69) is 22.8 Å². The van der Waals surface area contributed by atoms with Crippen molar-refractivity contribution in [2.45, 2.75) is 62.4 Å². The van der Waals surface area contributed by atoms with Gasteiger partial charge in [0.15, 0.2) is 16.7 Å². The molecule has 1 atom stereocenters. The van der Waals surface area contributed by atoms with Crippen LogP contribution in [0.3, 0.4) is 0 Å². The van der Waals surface area contributed by atoms with Gasteiger partial charge >= 0.3 is 0 Å². The molecule has 3 aromatic carbocycles. The molecule has 0 spiro atoms. The highest BCUT2D eigenvalue weighted by molar-refractivity contribution is 8.00. The fourth-order valence-corrected chi connectivity index (χ4v) is 7.05. The summed E-state index contributed by atoms with van der Waals surface area (Å²) in [7, 11) is 0. The first kappa shape index (κ1) is 30.7. The van der Waals surface area contributed by atoms with Gasteiger partial charge < -0.3 is 20.1 Å². The molecule has 0 bridgehead atoms. The van der Waals surface area contributed by atoms with Crippen molar-refractivity contribution in [2.75, 3.05) is 18.7 Å². The summed E-state index contributed by atoms with van der Waals surface area (Å²) < 4.78 is 12.6. The van der Waals surface area contributed by atoms with Crippen LogP contribution in [-0.2, 0) is 22.6 Å². The topological polar surface area (TPSA) is 112 Å². The van der Waals surface area contributed by atoms with Crippen molar-refractivity contribution < 1.29 is 19.1 Å². The van der Waals surface area contributed by atoms with E-state index in [0.29, 0.717) is 52.8 Å². The zero-order valence-electron chi connectivity index (χ0n) is 25.4. The Morgan fingerprint density at radius 2 is 1.73 bits per heavy atom. The highest BCUT2D eigenvalue weighted by atomic mass is 32.2. The van der Waals surface area contributed by atoms with Gasteiger partial charge in [0.2, 0.25) is 18.6 Å². The maximum Gasteiger partial charge on any atom is 0.262 e. The van der Waals surface area contributed by atoms with Crippen LogP contribution in [0, 0.1) is 11.8 Å². The van der Waals surface area contributed by atoms with Crippen LogP contribution in [0.15, 0.2) is 82.7 Å². The third-order valence-corrected chi connectivity index (χ3v) is 9.95. The molecular formula is C35H38N4O5S. The Morgan fingerprint density at radius 3 is 2.53 bits per heavy atom. The smallest absolute Gasteiger partial charge is 0.262 e. The first-order chi connectivity index (χ1) is 22.0. The first-order valence-electron chi connectivity index (χ1n) is 15.7. The van der Waals surface area contributed by atoms with Crippen molar-refractivity contribution in [1.29, 1.82) is 0 Å². The first-order valence-corrected chi connectivity index (χ1v) is 16.5. The molecule has 10 heteroatoms. The van der Waals surface area contributed by atoms with E-state index >= 15 is 0 Å². The van der Waals surface area contributed by atoms with Crippen LogP contribution in [0.1, 0.15) is 44.6 Å². The standard InChI is InChI=1S/C35H38N4O5S/c1-2-31(33(41)37-26-16-17-29-30(20-26)44-22-43-29)45-35-38-28-11-7-6-10-27(28)34(42)39(35)21-24-12-14-25(15-13-24)32(40)36-19-18-23-8-4-3-5-9-23/h3-11,16-17,20,24-25,31H,2,12-15,18-19,21-22H2,1H3,(H,36,40)(H,37,41)/t24?,25?,31-/m1/s1. The molecule has 1 aromatic heterocycles. The number of ether oxygens (including phenoxy) is 2. The molecule has 2 N–H and O–H groups in total. The zero-order valence-corrected chi connectivity index (χ0v) is 26.2. The monoisotopic (exact) mass is 626 g/mol. The van der Waals surface area contributed by atoms with Gasteiger partial charge in [0.25, 0.3) is 5.56 Å². The Labute approximate surface area is 266 Å². The highest BCUT2D eigenvalue weighted by Crippen LogP contribution is 2.35. The van der Waals surface area contributed by atoms with Gasteiger partial charge in [-0.3, -0.25) is 19.0 Å². The summed E-state index contributed by atoms with van der Waals surface area (Å²) in [4.78, 5) is 44.9. The molecule has 0 saturated heterocycles. The quantitative estimate of drug-likeness (QED) is 0.160. The number of aromatic nitrogens is 2. The van der Waals surface area contributed by atoms with Crippen LogP contribution < -0.4 is 25.7 Å². The number of carbonyl (C=O) groups excluding carboxylic acids is 2. The van der Waals surface area contributed by atoms with E-state index < -0.39 is 5.25 Å². The number of nitrogens with one attached hydrogen (secondary N) is 2. The molecule has 9 nitrogen and oxygen atoms in total. The minimum atomic E-state index is -0.468. The van der Waals surface area contributed by atoms with Gasteiger partial charge in [-0.1, -0.05) is 61.2 Å². The van der Waals surface area contributed by atoms with Crippen LogP contribution in [0.25, 0.3) is 10.9 Å². The van der Waals surface area contributed by atoms with Gasteiger partial charge in [-0.25, -0.2) is 4.98 Å². The summed E-state index contributed by atoms with van der Waals surface area (Å²) in [5, 5.41) is 6.73. The Kier molecular flexibility index (Phi) is 9.69. The van der Waals surface area contributed by atoms with Crippen LogP contribution in [0.5, 0.6) is 11.5 Å². The lowest BCUT2D eigenvalue weighted by Gasteiger charge is -2.29. The summed E-state index contributed by atoms with van der Waals surface area (Å²) >= 11 is 1.32. The minimum Gasteiger partial charge on any atom is -0.454 e. The van der Waals surface area contributed by atoms with E-state index in [1.807, 2.05) is 43.3 Å². The van der Waals surface area contributed by atoms with E-state index in [9.17, 15) is 14.4 Å². The maximum absolute atomic E-state index is 13.8. The number of fused-ring (bicyclic) bond motifs is 2. The Hall–Kier alpha value is -4.31. The zero-order chi connectivity index (χ0) is 31.2. The van der Waals surface area contributed by atoms with E-state index in [-0.39, 0.29) is 36.0 Å². The largest absolute Gasteiger partial charge is 0.454 e. The lowest BCUT2D eigenvalue weighted by molar-refractivity contribution is -0.126. The average Bonchev–Trinajstić information content (AvgIpc) is 3.54. The minimum absolute atomic E-state index is 0.0123. The van der Waals surface area contributed by atoms with Crippen molar-refractivity contribution >= 4 is 40.2 Å². The van der Waals surface area contributed by atoms with Crippen LogP contribution >= 0.6 is 11.8 Å². The number of carbonyl (C=O) groups is 2. The van der Waals surface area contributed by atoms with Crippen LogP contribution in [0.2, 0.25) is 0 Å². The molecule has 2 heterocycles. The predicted octanol–water partition coefficient (Wildman–Crippen LogP) is 5.80. The number of hydrogen-bond acceptors (Lipinski definition) is 7. The van der Waals surface area contributed by atoms with E-state index in [4.69, 9.17) is 14.5 Å². The van der Waals surface area contributed by atoms with Gasteiger partial charge in [-0.15, -0.1) is 0 Å². The van der Waals surface area contributed by atoms with E-state index in [1.165, 1.54) is 17.3 Å². The number of hydrogen-bond donors (Lipinski definition) is 2. The molecular weight excluding hydrogens is 588 g/mol. The molecule has 1 fully saturated rings. The SMILES string of the molecule is CC[C@@H](Sc1nc2ccccc2c(=O)n1CC1CCC(C(=O)NCCc2ccccc2)CC1)C(=O)Nc1ccc2c(c1)OCO2. The summed E-state index contributed by atoms with van der Waals surface area (Å²) in [5.41, 5.74) is 2.34.